The second-order valence-electron chi connectivity index (χ2n) is 6.73. The van der Waals surface area contributed by atoms with Crippen LogP contribution >= 0.6 is 0 Å². The van der Waals surface area contributed by atoms with E-state index in [4.69, 9.17) is 0 Å². The molecule has 0 spiro atoms. The molecule has 4 rings (SSSR count). The van der Waals surface area contributed by atoms with E-state index in [-0.39, 0.29) is 11.4 Å². The summed E-state index contributed by atoms with van der Waals surface area (Å²) < 4.78 is 30.2. The van der Waals surface area contributed by atoms with Crippen molar-refractivity contribution in [2.45, 2.75) is 25.3 Å². The Morgan fingerprint density at radius 1 is 0.893 bits per heavy atom. The highest BCUT2D eigenvalue weighted by molar-refractivity contribution is 7.89. The Labute approximate surface area is 164 Å². The minimum Gasteiger partial charge on any atom is -0.238 e. The molecule has 4 aromatic rings. The molecule has 0 saturated heterocycles. The number of aromatic nitrogens is 2. The molecular formula is C22H21N3O2S. The Bertz CT molecular complexity index is 1250. The van der Waals surface area contributed by atoms with Crippen LogP contribution in [0.5, 0.6) is 0 Å². The monoisotopic (exact) mass is 391 g/mol. The largest absolute Gasteiger partial charge is 0.240 e. The fourth-order valence-corrected chi connectivity index (χ4v) is 4.37. The van der Waals surface area contributed by atoms with Crippen LogP contribution in [-0.4, -0.2) is 18.2 Å². The lowest BCUT2D eigenvalue weighted by atomic mass is 10.1. The quantitative estimate of drug-likeness (QED) is 0.557. The second kappa shape index (κ2) is 7.22. The summed E-state index contributed by atoms with van der Waals surface area (Å²) in [7, 11) is -3.63. The molecule has 1 heterocycles. The molecule has 1 aromatic heterocycles. The Morgan fingerprint density at radius 3 is 2.32 bits per heavy atom. The van der Waals surface area contributed by atoms with E-state index >= 15 is 0 Å². The van der Waals surface area contributed by atoms with Crippen molar-refractivity contribution in [2.75, 3.05) is 0 Å². The summed E-state index contributed by atoms with van der Waals surface area (Å²) in [6.45, 7) is 4.04. The summed E-state index contributed by atoms with van der Waals surface area (Å²) in [5.74, 6) is 0. The third-order valence-electron chi connectivity index (χ3n) is 4.91. The molecular weight excluding hydrogens is 370 g/mol. The van der Waals surface area contributed by atoms with Crippen LogP contribution in [-0.2, 0) is 16.6 Å². The van der Waals surface area contributed by atoms with Crippen LogP contribution in [0.3, 0.4) is 0 Å². The van der Waals surface area contributed by atoms with Gasteiger partial charge in [0.1, 0.15) is 0 Å². The minimum absolute atomic E-state index is 0.194. The first-order valence-electron chi connectivity index (χ1n) is 9.05. The van der Waals surface area contributed by atoms with E-state index in [9.17, 15) is 8.42 Å². The molecule has 3 aromatic carbocycles. The number of benzene rings is 3. The predicted molar refractivity (Wildman–Crippen MR) is 111 cm³/mol. The smallest absolute Gasteiger partial charge is 0.238 e. The van der Waals surface area contributed by atoms with Gasteiger partial charge in [-0.05, 0) is 48.9 Å². The van der Waals surface area contributed by atoms with Crippen LogP contribution < -0.4 is 4.72 Å². The molecule has 0 bridgehead atoms. The lowest BCUT2D eigenvalue weighted by molar-refractivity contribution is 0.581. The van der Waals surface area contributed by atoms with E-state index in [1.807, 2.05) is 79.2 Å². The molecule has 0 radical (unpaired) electrons. The Morgan fingerprint density at radius 2 is 1.57 bits per heavy atom. The maximum Gasteiger partial charge on any atom is 0.240 e. The molecule has 0 aliphatic rings. The van der Waals surface area contributed by atoms with E-state index in [0.717, 1.165) is 33.4 Å². The summed E-state index contributed by atoms with van der Waals surface area (Å²) in [6.07, 6.45) is 0. The van der Waals surface area contributed by atoms with Crippen LogP contribution in [0.2, 0.25) is 0 Å². The van der Waals surface area contributed by atoms with Crippen molar-refractivity contribution in [3.05, 3.63) is 89.7 Å². The second-order valence-corrected chi connectivity index (χ2v) is 8.50. The Kier molecular flexibility index (Phi) is 4.75. The highest BCUT2D eigenvalue weighted by Gasteiger charge is 2.18. The third-order valence-corrected chi connectivity index (χ3v) is 6.31. The van der Waals surface area contributed by atoms with Gasteiger partial charge in [0.15, 0.2) is 0 Å². The fourth-order valence-electron chi connectivity index (χ4n) is 3.34. The van der Waals surface area contributed by atoms with Gasteiger partial charge >= 0.3 is 0 Å². The standard InChI is InChI=1S/C22H21N3O2S/c1-16-22(17(2)25(24-16)20-10-4-3-5-11-20)15-23-28(26,27)21-13-12-18-8-6-7-9-19(18)14-21/h3-14,23H,15H2,1-2H3. The zero-order valence-electron chi connectivity index (χ0n) is 15.8. The van der Waals surface area contributed by atoms with Crippen LogP contribution in [0.25, 0.3) is 16.5 Å². The van der Waals surface area contributed by atoms with Crippen LogP contribution in [0, 0.1) is 13.8 Å². The molecule has 28 heavy (non-hydrogen) atoms. The van der Waals surface area contributed by atoms with Crippen molar-refractivity contribution in [3.63, 3.8) is 0 Å². The summed E-state index contributed by atoms with van der Waals surface area (Å²) in [5.41, 5.74) is 3.56. The molecule has 1 N–H and O–H groups in total. The lowest BCUT2D eigenvalue weighted by Crippen LogP contribution is -2.23. The number of fused-ring (bicyclic) bond motifs is 1. The average Bonchev–Trinajstić information content (AvgIpc) is 3.00. The zero-order chi connectivity index (χ0) is 19.7. The third kappa shape index (κ3) is 3.44. The summed E-state index contributed by atoms with van der Waals surface area (Å²) >= 11 is 0. The van der Waals surface area contributed by atoms with E-state index in [2.05, 4.69) is 9.82 Å². The molecule has 0 unspecified atom stereocenters. The summed E-state index contributed by atoms with van der Waals surface area (Å²) in [5, 5.41) is 6.49. The molecule has 0 aliphatic carbocycles. The molecule has 0 aliphatic heterocycles. The van der Waals surface area contributed by atoms with Gasteiger partial charge in [-0.25, -0.2) is 17.8 Å². The Hall–Kier alpha value is -2.96. The molecule has 0 saturated carbocycles. The van der Waals surface area contributed by atoms with Gasteiger partial charge in [-0.15, -0.1) is 0 Å². The maximum atomic E-state index is 12.8. The van der Waals surface area contributed by atoms with Crippen LogP contribution in [0.15, 0.2) is 77.7 Å². The molecule has 6 heteroatoms. The first kappa shape index (κ1) is 18.4. The normalized spacial score (nSPS) is 11.8. The first-order valence-corrected chi connectivity index (χ1v) is 10.5. The van der Waals surface area contributed by atoms with Crippen molar-refractivity contribution in [2.24, 2.45) is 0 Å². The van der Waals surface area contributed by atoms with Gasteiger partial charge < -0.3 is 0 Å². The lowest BCUT2D eigenvalue weighted by Gasteiger charge is -2.09. The zero-order valence-corrected chi connectivity index (χ0v) is 16.6. The van der Waals surface area contributed by atoms with Gasteiger partial charge in [0, 0.05) is 17.8 Å². The molecule has 142 valence electrons. The highest BCUT2D eigenvalue weighted by Crippen LogP contribution is 2.21. The van der Waals surface area contributed by atoms with Crippen molar-refractivity contribution in [1.82, 2.24) is 14.5 Å². The van der Waals surface area contributed by atoms with E-state index in [1.54, 1.807) is 12.1 Å². The van der Waals surface area contributed by atoms with Gasteiger partial charge in [0.25, 0.3) is 0 Å². The predicted octanol–water partition coefficient (Wildman–Crippen LogP) is 4.12. The highest BCUT2D eigenvalue weighted by atomic mass is 32.2. The van der Waals surface area contributed by atoms with E-state index in [1.165, 1.54) is 0 Å². The van der Waals surface area contributed by atoms with Gasteiger partial charge in [-0.1, -0.05) is 48.5 Å². The molecule has 0 atom stereocenters. The topological polar surface area (TPSA) is 64.0 Å². The molecule has 0 amide bonds. The van der Waals surface area contributed by atoms with E-state index in [0.29, 0.717) is 0 Å². The number of rotatable bonds is 5. The maximum absolute atomic E-state index is 12.8. The number of nitrogens with one attached hydrogen (secondary N) is 1. The Balaban J connectivity index is 1.60. The number of sulfonamides is 1. The van der Waals surface area contributed by atoms with Crippen LogP contribution in [0.1, 0.15) is 17.0 Å². The van der Waals surface area contributed by atoms with Gasteiger partial charge in [-0.3, -0.25) is 0 Å². The number of hydrogen-bond acceptors (Lipinski definition) is 3. The minimum atomic E-state index is -3.63. The van der Waals surface area contributed by atoms with Crippen LogP contribution in [0.4, 0.5) is 0 Å². The number of nitrogens with zero attached hydrogens (tertiary/aromatic N) is 2. The van der Waals surface area contributed by atoms with Crippen molar-refractivity contribution in [3.8, 4) is 5.69 Å². The van der Waals surface area contributed by atoms with Gasteiger partial charge in [0.05, 0.1) is 16.3 Å². The number of para-hydroxylation sites is 1. The van der Waals surface area contributed by atoms with E-state index < -0.39 is 10.0 Å². The SMILES string of the molecule is Cc1nn(-c2ccccc2)c(C)c1CNS(=O)(=O)c1ccc2ccccc2c1. The van der Waals surface area contributed by atoms with Crippen molar-refractivity contribution < 1.29 is 8.42 Å². The van der Waals surface area contributed by atoms with Gasteiger partial charge in [-0.2, -0.15) is 5.10 Å². The number of aryl methyl sites for hydroxylation is 1. The summed E-state index contributed by atoms with van der Waals surface area (Å²) in [4.78, 5) is 0.261. The fraction of sp³-hybridized carbons (Fsp3) is 0.136. The average molecular weight is 391 g/mol. The number of hydrogen-bond donors (Lipinski definition) is 1. The summed E-state index contributed by atoms with van der Waals surface area (Å²) in [6, 6.07) is 22.7. The van der Waals surface area contributed by atoms with Crippen molar-refractivity contribution >= 4 is 20.8 Å². The van der Waals surface area contributed by atoms with Crippen molar-refractivity contribution in [1.29, 1.82) is 0 Å². The van der Waals surface area contributed by atoms with Gasteiger partial charge in [0.2, 0.25) is 10.0 Å². The molecule has 0 fully saturated rings. The first-order chi connectivity index (χ1) is 13.5. The molecule has 5 nitrogen and oxygen atoms in total.